The topological polar surface area (TPSA) is 126 Å². The van der Waals surface area contributed by atoms with E-state index in [-0.39, 0.29) is 6.42 Å². The van der Waals surface area contributed by atoms with Crippen molar-refractivity contribution in [1.82, 2.24) is 9.97 Å². The summed E-state index contributed by atoms with van der Waals surface area (Å²) in [7, 11) is -9.15. The molecule has 0 fully saturated rings. The van der Waals surface area contributed by atoms with Crippen LogP contribution in [0.25, 0.3) is 0 Å². The van der Waals surface area contributed by atoms with Gasteiger partial charge in [0.15, 0.2) is 0 Å². The number of nitrogens with one attached hydrogen (secondary N) is 1. The zero-order valence-corrected chi connectivity index (χ0v) is 11.6. The molecule has 1 unspecified atom stereocenters. The standard InChI is InChI=1S/C5H12O6S2.C3H4N2/c1-3-4-5(2)12(6,7)11-13(8,9)10;1-2-5-3-4-1/h5H,3-4H2,1-2H3,(H,8,9,10);1-3H,(H,4,5). The van der Waals surface area contributed by atoms with E-state index in [4.69, 9.17) is 4.55 Å². The van der Waals surface area contributed by atoms with Crippen molar-refractivity contribution in [3.8, 4) is 0 Å². The van der Waals surface area contributed by atoms with Gasteiger partial charge in [-0.2, -0.15) is 16.8 Å². The first-order chi connectivity index (χ1) is 8.19. The maximum absolute atomic E-state index is 11.0. The average Bonchev–Trinajstić information content (AvgIpc) is 2.71. The van der Waals surface area contributed by atoms with Crippen LogP contribution in [-0.2, 0) is 24.1 Å². The first-order valence-electron chi connectivity index (χ1n) is 5.04. The van der Waals surface area contributed by atoms with E-state index in [9.17, 15) is 16.8 Å². The van der Waals surface area contributed by atoms with Crippen molar-refractivity contribution in [3.63, 3.8) is 0 Å². The molecule has 1 aromatic heterocycles. The third kappa shape index (κ3) is 8.17. The first kappa shape index (κ1) is 17.0. The van der Waals surface area contributed by atoms with Crippen LogP contribution < -0.4 is 0 Å². The molecule has 0 saturated carbocycles. The zero-order chi connectivity index (χ0) is 14.2. The average molecular weight is 300 g/mol. The molecule has 1 rings (SSSR count). The lowest BCUT2D eigenvalue weighted by Crippen LogP contribution is -2.23. The Morgan fingerprint density at radius 1 is 1.39 bits per heavy atom. The van der Waals surface area contributed by atoms with Crippen molar-refractivity contribution >= 4 is 20.5 Å². The van der Waals surface area contributed by atoms with E-state index in [0.717, 1.165) is 0 Å². The van der Waals surface area contributed by atoms with Crippen LogP contribution in [0.4, 0.5) is 0 Å². The van der Waals surface area contributed by atoms with Crippen LogP contribution in [-0.4, -0.2) is 36.6 Å². The summed E-state index contributed by atoms with van der Waals surface area (Å²) in [5.74, 6) is 0. The Kier molecular flexibility index (Phi) is 7.06. The van der Waals surface area contributed by atoms with Gasteiger partial charge in [0.05, 0.1) is 11.6 Å². The van der Waals surface area contributed by atoms with Crippen LogP contribution in [0, 0.1) is 0 Å². The van der Waals surface area contributed by atoms with E-state index in [1.165, 1.54) is 6.92 Å². The quantitative estimate of drug-likeness (QED) is 0.767. The van der Waals surface area contributed by atoms with Crippen molar-refractivity contribution in [3.05, 3.63) is 18.7 Å². The van der Waals surface area contributed by atoms with Gasteiger partial charge >= 0.3 is 10.4 Å². The molecule has 106 valence electrons. The van der Waals surface area contributed by atoms with Gasteiger partial charge in [0.1, 0.15) is 0 Å². The molecule has 8 nitrogen and oxygen atoms in total. The van der Waals surface area contributed by atoms with Crippen LogP contribution in [0.5, 0.6) is 0 Å². The highest BCUT2D eigenvalue weighted by Crippen LogP contribution is 2.11. The van der Waals surface area contributed by atoms with Gasteiger partial charge < -0.3 is 4.98 Å². The van der Waals surface area contributed by atoms with Gasteiger partial charge in [-0.25, -0.2) is 4.98 Å². The lowest BCUT2D eigenvalue weighted by Gasteiger charge is -2.08. The molecule has 0 spiro atoms. The molecule has 0 amide bonds. The number of hydrogen-bond acceptors (Lipinski definition) is 6. The predicted molar refractivity (Wildman–Crippen MR) is 64.5 cm³/mol. The second kappa shape index (κ2) is 7.46. The molecule has 0 aliphatic heterocycles. The van der Waals surface area contributed by atoms with E-state index in [1.807, 2.05) is 0 Å². The molecular weight excluding hydrogens is 284 g/mol. The fourth-order valence-corrected chi connectivity index (χ4v) is 2.97. The van der Waals surface area contributed by atoms with Gasteiger partial charge in [-0.15, -0.1) is 3.63 Å². The summed E-state index contributed by atoms with van der Waals surface area (Å²) in [5.41, 5.74) is 0. The lowest BCUT2D eigenvalue weighted by atomic mass is 10.3. The summed E-state index contributed by atoms with van der Waals surface area (Å²) in [6, 6.07) is 0. The summed E-state index contributed by atoms with van der Waals surface area (Å²) >= 11 is 0. The Bertz CT molecular complexity index is 491. The second-order valence-electron chi connectivity index (χ2n) is 3.35. The molecule has 0 aliphatic carbocycles. The van der Waals surface area contributed by atoms with Crippen molar-refractivity contribution in [2.75, 3.05) is 0 Å². The molecule has 1 atom stereocenters. The number of rotatable bonds is 5. The Balaban J connectivity index is 0.000000473. The third-order valence-electron chi connectivity index (χ3n) is 1.77. The van der Waals surface area contributed by atoms with Crippen molar-refractivity contribution < 1.29 is 25.0 Å². The van der Waals surface area contributed by atoms with E-state index in [1.54, 1.807) is 25.6 Å². The lowest BCUT2D eigenvalue weighted by molar-refractivity contribution is 0.379. The summed E-state index contributed by atoms with van der Waals surface area (Å²) in [6.45, 7) is 3.06. The second-order valence-corrected chi connectivity index (χ2v) is 6.54. The van der Waals surface area contributed by atoms with Crippen LogP contribution in [0.1, 0.15) is 26.7 Å². The van der Waals surface area contributed by atoms with Gasteiger partial charge in [-0.05, 0) is 13.3 Å². The highest BCUT2D eigenvalue weighted by atomic mass is 32.3. The minimum Gasteiger partial charge on any atom is -0.351 e. The summed E-state index contributed by atoms with van der Waals surface area (Å²) in [6.07, 6.45) is 5.94. The van der Waals surface area contributed by atoms with Gasteiger partial charge in [-0.1, -0.05) is 13.3 Å². The molecule has 0 aliphatic rings. The van der Waals surface area contributed by atoms with Crippen LogP contribution in [0.15, 0.2) is 18.7 Å². The molecule has 1 aromatic rings. The third-order valence-corrected chi connectivity index (χ3v) is 4.44. The SMILES string of the molecule is CCCC(C)S(=O)(=O)OS(=O)(=O)O.c1c[nH]cn1. The molecule has 0 radical (unpaired) electrons. The van der Waals surface area contributed by atoms with Crippen molar-refractivity contribution in [2.24, 2.45) is 0 Å². The molecule has 2 N–H and O–H groups in total. The van der Waals surface area contributed by atoms with E-state index in [2.05, 4.69) is 13.6 Å². The highest BCUT2D eigenvalue weighted by Gasteiger charge is 2.26. The summed E-state index contributed by atoms with van der Waals surface area (Å²) in [4.78, 5) is 6.42. The monoisotopic (exact) mass is 300 g/mol. The molecule has 1 heterocycles. The number of nitrogens with zero attached hydrogens (tertiary/aromatic N) is 1. The Hall–Kier alpha value is -0.970. The van der Waals surface area contributed by atoms with E-state index in [0.29, 0.717) is 6.42 Å². The Labute approximate surface area is 106 Å². The van der Waals surface area contributed by atoms with Crippen molar-refractivity contribution in [2.45, 2.75) is 31.9 Å². The van der Waals surface area contributed by atoms with Gasteiger partial charge in [0.25, 0.3) is 10.1 Å². The molecule has 18 heavy (non-hydrogen) atoms. The highest BCUT2D eigenvalue weighted by molar-refractivity contribution is 7.97. The molecule has 0 bridgehead atoms. The normalized spacial score (nSPS) is 13.5. The Morgan fingerprint density at radius 3 is 2.28 bits per heavy atom. The summed E-state index contributed by atoms with van der Waals surface area (Å²) < 4.78 is 53.8. The smallest absolute Gasteiger partial charge is 0.351 e. The number of hydrogen-bond donors (Lipinski definition) is 2. The van der Waals surface area contributed by atoms with Crippen LogP contribution in [0.2, 0.25) is 0 Å². The Morgan fingerprint density at radius 2 is 2.00 bits per heavy atom. The first-order valence-corrected chi connectivity index (χ1v) is 7.87. The molecule has 10 heteroatoms. The number of imidazole rings is 1. The van der Waals surface area contributed by atoms with Crippen LogP contribution in [0.3, 0.4) is 0 Å². The van der Waals surface area contributed by atoms with Gasteiger partial charge in [0, 0.05) is 12.4 Å². The van der Waals surface area contributed by atoms with Gasteiger partial charge in [-0.3, -0.25) is 4.55 Å². The molecule has 0 aromatic carbocycles. The number of aromatic amines is 1. The fraction of sp³-hybridized carbons (Fsp3) is 0.625. The van der Waals surface area contributed by atoms with Crippen LogP contribution >= 0.6 is 0 Å². The van der Waals surface area contributed by atoms with E-state index < -0.39 is 25.8 Å². The van der Waals surface area contributed by atoms with Gasteiger partial charge in [0.2, 0.25) is 0 Å². The van der Waals surface area contributed by atoms with Crippen molar-refractivity contribution in [1.29, 1.82) is 0 Å². The molecular formula is C8H16N2O6S2. The predicted octanol–water partition coefficient (Wildman–Crippen LogP) is 0.734. The zero-order valence-electron chi connectivity index (χ0n) is 9.98. The minimum absolute atomic E-state index is 0.276. The van der Waals surface area contributed by atoms with E-state index >= 15 is 0 Å². The maximum atomic E-state index is 11.0. The fourth-order valence-electron chi connectivity index (χ4n) is 0.953. The number of aromatic nitrogens is 2. The molecule has 0 saturated heterocycles. The summed E-state index contributed by atoms with van der Waals surface area (Å²) in [5, 5.41) is -0.945. The minimum atomic E-state index is -4.93. The largest absolute Gasteiger partial charge is 0.412 e. The number of H-pyrrole nitrogens is 1. The maximum Gasteiger partial charge on any atom is 0.412 e.